The lowest BCUT2D eigenvalue weighted by atomic mass is 10.2. The zero-order chi connectivity index (χ0) is 13.5. The summed E-state index contributed by atoms with van der Waals surface area (Å²) < 4.78 is 0. The van der Waals surface area contributed by atoms with Crippen LogP contribution in [0.1, 0.15) is 10.4 Å². The van der Waals surface area contributed by atoms with Gasteiger partial charge in [0.1, 0.15) is 5.75 Å². The van der Waals surface area contributed by atoms with Crippen molar-refractivity contribution in [3.05, 3.63) is 42.0 Å². The van der Waals surface area contributed by atoms with Crippen LogP contribution in [-0.2, 0) is 9.59 Å². The third-order valence-electron chi connectivity index (χ3n) is 1.83. The van der Waals surface area contributed by atoms with Crippen molar-refractivity contribution >= 4 is 17.8 Å². The monoisotopic (exact) mass is 250 g/mol. The molecule has 1 rings (SSSR count). The molecule has 7 heteroatoms. The number of amides is 2. The Morgan fingerprint density at radius 2 is 1.72 bits per heavy atom. The average molecular weight is 250 g/mol. The van der Waals surface area contributed by atoms with Crippen molar-refractivity contribution in [3.63, 3.8) is 0 Å². The molecule has 94 valence electrons. The van der Waals surface area contributed by atoms with Crippen LogP contribution in [0.4, 0.5) is 0 Å². The van der Waals surface area contributed by atoms with Gasteiger partial charge in [-0.2, -0.15) is 0 Å². The minimum atomic E-state index is -1.28. The molecular weight excluding hydrogens is 240 g/mol. The van der Waals surface area contributed by atoms with Crippen molar-refractivity contribution in [2.75, 3.05) is 0 Å². The van der Waals surface area contributed by atoms with Gasteiger partial charge in [0, 0.05) is 12.2 Å². The van der Waals surface area contributed by atoms with Gasteiger partial charge in [-0.3, -0.25) is 20.4 Å². The van der Waals surface area contributed by atoms with Gasteiger partial charge >= 0.3 is 5.97 Å². The van der Waals surface area contributed by atoms with E-state index in [1.165, 1.54) is 12.1 Å². The minimum Gasteiger partial charge on any atom is -0.507 e. The molecule has 0 aromatic heterocycles. The molecule has 0 fully saturated rings. The molecule has 0 atom stereocenters. The summed E-state index contributed by atoms with van der Waals surface area (Å²) in [5, 5.41) is 17.6. The molecular formula is C11H10N2O5. The Bertz CT molecular complexity index is 510. The van der Waals surface area contributed by atoms with Gasteiger partial charge in [0.15, 0.2) is 0 Å². The van der Waals surface area contributed by atoms with Gasteiger partial charge in [-0.05, 0) is 12.1 Å². The van der Waals surface area contributed by atoms with E-state index in [9.17, 15) is 19.5 Å². The molecule has 1 aromatic rings. The van der Waals surface area contributed by atoms with Crippen molar-refractivity contribution in [2.24, 2.45) is 0 Å². The first-order valence-electron chi connectivity index (χ1n) is 4.80. The molecule has 0 radical (unpaired) electrons. The number of phenolic OH excluding ortho intramolecular Hbond substituents is 1. The lowest BCUT2D eigenvalue weighted by Gasteiger charge is -2.06. The second-order valence-electron chi connectivity index (χ2n) is 3.13. The Hall–Kier alpha value is -2.83. The molecule has 2 amide bonds. The number of para-hydroxylation sites is 1. The SMILES string of the molecule is O=C(O)/C=C/C(=O)NNC(=O)c1ccccc1O. The van der Waals surface area contributed by atoms with Crippen molar-refractivity contribution in [2.45, 2.75) is 0 Å². The number of hydrazine groups is 1. The molecule has 0 aliphatic rings. The normalized spacial score (nSPS) is 10.0. The topological polar surface area (TPSA) is 116 Å². The summed E-state index contributed by atoms with van der Waals surface area (Å²) in [7, 11) is 0. The highest BCUT2D eigenvalue weighted by Gasteiger charge is 2.09. The summed E-state index contributed by atoms with van der Waals surface area (Å²) in [5.41, 5.74) is 3.97. The second-order valence-corrected chi connectivity index (χ2v) is 3.13. The van der Waals surface area contributed by atoms with E-state index >= 15 is 0 Å². The summed E-state index contributed by atoms with van der Waals surface area (Å²) in [4.78, 5) is 32.6. The molecule has 18 heavy (non-hydrogen) atoms. The lowest BCUT2D eigenvalue weighted by Crippen LogP contribution is -2.40. The van der Waals surface area contributed by atoms with E-state index in [4.69, 9.17) is 5.11 Å². The van der Waals surface area contributed by atoms with Gasteiger partial charge in [-0.1, -0.05) is 12.1 Å². The second kappa shape index (κ2) is 6.04. The number of benzene rings is 1. The van der Waals surface area contributed by atoms with Crippen molar-refractivity contribution in [1.82, 2.24) is 10.9 Å². The number of carbonyl (C=O) groups excluding carboxylic acids is 2. The van der Waals surface area contributed by atoms with Crippen LogP contribution in [0.5, 0.6) is 5.75 Å². The van der Waals surface area contributed by atoms with Gasteiger partial charge in [0.05, 0.1) is 5.56 Å². The number of nitrogens with one attached hydrogen (secondary N) is 2. The largest absolute Gasteiger partial charge is 0.507 e. The standard InChI is InChI=1S/C11H10N2O5/c14-8-4-2-1-3-7(8)11(18)13-12-9(15)5-6-10(16)17/h1-6,14H,(H,12,15)(H,13,18)(H,16,17)/b6-5+. The number of aromatic hydroxyl groups is 1. The molecule has 0 aliphatic heterocycles. The molecule has 0 saturated heterocycles. The number of aliphatic carboxylic acids is 1. The molecule has 1 aromatic carbocycles. The van der Waals surface area contributed by atoms with Crippen molar-refractivity contribution in [1.29, 1.82) is 0 Å². The predicted octanol–water partition coefficient (Wildman–Crippen LogP) is -0.206. The molecule has 7 nitrogen and oxygen atoms in total. The van der Waals surface area contributed by atoms with Crippen LogP contribution in [0.15, 0.2) is 36.4 Å². The quantitative estimate of drug-likeness (QED) is 0.437. The summed E-state index contributed by atoms with van der Waals surface area (Å²) in [6.07, 6.45) is 1.37. The van der Waals surface area contributed by atoms with Gasteiger partial charge in [0.2, 0.25) is 0 Å². The van der Waals surface area contributed by atoms with Gasteiger partial charge in [0.25, 0.3) is 11.8 Å². The van der Waals surface area contributed by atoms with Crippen molar-refractivity contribution in [3.8, 4) is 5.75 Å². The molecule has 0 spiro atoms. The van der Waals surface area contributed by atoms with E-state index in [0.29, 0.717) is 6.08 Å². The number of rotatable bonds is 3. The van der Waals surface area contributed by atoms with Crippen LogP contribution < -0.4 is 10.9 Å². The minimum absolute atomic E-state index is 0.0139. The summed E-state index contributed by atoms with van der Waals surface area (Å²) in [6, 6.07) is 5.77. The van der Waals surface area contributed by atoms with E-state index < -0.39 is 17.8 Å². The van der Waals surface area contributed by atoms with Crippen LogP contribution in [0.3, 0.4) is 0 Å². The Kier molecular flexibility index (Phi) is 4.44. The third kappa shape index (κ3) is 3.97. The van der Waals surface area contributed by atoms with E-state index in [-0.39, 0.29) is 11.3 Å². The molecule has 0 heterocycles. The summed E-state index contributed by atoms with van der Waals surface area (Å²) in [6.45, 7) is 0. The van der Waals surface area contributed by atoms with Crippen molar-refractivity contribution < 1.29 is 24.6 Å². The zero-order valence-corrected chi connectivity index (χ0v) is 9.08. The number of hydrogen-bond acceptors (Lipinski definition) is 4. The summed E-state index contributed by atoms with van der Waals surface area (Å²) in [5.74, 6) is -3.03. The lowest BCUT2D eigenvalue weighted by molar-refractivity contribution is -0.131. The fourth-order valence-corrected chi connectivity index (χ4v) is 1.04. The molecule has 0 bridgehead atoms. The highest BCUT2D eigenvalue weighted by Crippen LogP contribution is 2.14. The zero-order valence-electron chi connectivity index (χ0n) is 9.08. The van der Waals surface area contributed by atoms with Crippen LogP contribution in [0.2, 0.25) is 0 Å². The van der Waals surface area contributed by atoms with Crippen LogP contribution >= 0.6 is 0 Å². The maximum absolute atomic E-state index is 11.5. The highest BCUT2D eigenvalue weighted by molar-refractivity contribution is 5.99. The van der Waals surface area contributed by atoms with Gasteiger partial charge in [-0.25, -0.2) is 4.79 Å². The van der Waals surface area contributed by atoms with E-state index in [0.717, 1.165) is 6.08 Å². The van der Waals surface area contributed by atoms with Crippen LogP contribution in [0.25, 0.3) is 0 Å². The number of carboxylic acid groups (broad SMARTS) is 1. The number of hydrogen-bond donors (Lipinski definition) is 4. The van der Waals surface area contributed by atoms with E-state index in [2.05, 4.69) is 0 Å². The first-order chi connectivity index (χ1) is 8.50. The third-order valence-corrected chi connectivity index (χ3v) is 1.83. The molecule has 4 N–H and O–H groups in total. The molecule has 0 aliphatic carbocycles. The molecule has 0 unspecified atom stereocenters. The van der Waals surface area contributed by atoms with Gasteiger partial charge in [-0.15, -0.1) is 0 Å². The van der Waals surface area contributed by atoms with Crippen LogP contribution in [0, 0.1) is 0 Å². The Balaban J connectivity index is 2.55. The highest BCUT2D eigenvalue weighted by atomic mass is 16.4. The fraction of sp³-hybridized carbons (Fsp3) is 0. The Labute approximate surface area is 102 Å². The van der Waals surface area contributed by atoms with Crippen LogP contribution in [-0.4, -0.2) is 28.0 Å². The smallest absolute Gasteiger partial charge is 0.328 e. The Morgan fingerprint density at radius 3 is 2.33 bits per heavy atom. The maximum Gasteiger partial charge on any atom is 0.328 e. The number of carboxylic acids is 1. The average Bonchev–Trinajstić information content (AvgIpc) is 2.34. The van der Waals surface area contributed by atoms with Gasteiger partial charge < -0.3 is 10.2 Å². The van der Waals surface area contributed by atoms with E-state index in [1.54, 1.807) is 12.1 Å². The first-order valence-corrected chi connectivity index (χ1v) is 4.80. The summed E-state index contributed by atoms with van der Waals surface area (Å²) >= 11 is 0. The maximum atomic E-state index is 11.5. The molecule has 0 saturated carbocycles. The van der Waals surface area contributed by atoms with E-state index in [1.807, 2.05) is 10.9 Å². The number of carbonyl (C=O) groups is 3. The first kappa shape index (κ1) is 13.2. The number of phenols is 1. The fourth-order valence-electron chi connectivity index (χ4n) is 1.04. The predicted molar refractivity (Wildman–Crippen MR) is 60.5 cm³/mol. The Morgan fingerprint density at radius 1 is 1.06 bits per heavy atom.